The maximum absolute atomic E-state index is 12.3. The van der Waals surface area contributed by atoms with Gasteiger partial charge in [0.25, 0.3) is 0 Å². The molecule has 1 saturated heterocycles. The summed E-state index contributed by atoms with van der Waals surface area (Å²) in [4.78, 5) is 16.5. The number of nitrogens with zero attached hydrogens (tertiary/aromatic N) is 2. The van der Waals surface area contributed by atoms with E-state index in [1.807, 2.05) is 61.2 Å². The number of urea groups is 1. The first kappa shape index (κ1) is 18.1. The summed E-state index contributed by atoms with van der Waals surface area (Å²) in [6, 6.07) is 18.2. The third-order valence-corrected chi connectivity index (χ3v) is 4.43. The minimum absolute atomic E-state index is 0.00850. The molecule has 26 heavy (non-hydrogen) atoms. The van der Waals surface area contributed by atoms with E-state index < -0.39 is 0 Å². The second-order valence-corrected chi connectivity index (χ2v) is 6.78. The molecule has 0 bridgehead atoms. The van der Waals surface area contributed by atoms with Gasteiger partial charge < -0.3 is 19.9 Å². The predicted molar refractivity (Wildman–Crippen MR) is 105 cm³/mol. The first-order chi connectivity index (χ1) is 12.6. The predicted octanol–water partition coefficient (Wildman–Crippen LogP) is 3.51. The van der Waals surface area contributed by atoms with Gasteiger partial charge in [-0.3, -0.25) is 0 Å². The van der Waals surface area contributed by atoms with E-state index in [1.54, 1.807) is 0 Å². The van der Waals surface area contributed by atoms with Gasteiger partial charge in [-0.15, -0.1) is 0 Å². The van der Waals surface area contributed by atoms with Crippen molar-refractivity contribution in [3.63, 3.8) is 0 Å². The van der Waals surface area contributed by atoms with Crippen LogP contribution in [0.3, 0.4) is 0 Å². The summed E-state index contributed by atoms with van der Waals surface area (Å²) < 4.78 is 5.69. The Balaban J connectivity index is 1.47. The Morgan fingerprint density at radius 1 is 1.00 bits per heavy atom. The van der Waals surface area contributed by atoms with Crippen LogP contribution in [0.25, 0.3) is 0 Å². The summed E-state index contributed by atoms with van der Waals surface area (Å²) in [5.41, 5.74) is 2.29. The number of carbonyl (C=O) groups excluding carboxylic acids is 1. The molecule has 0 aromatic heterocycles. The van der Waals surface area contributed by atoms with E-state index in [4.69, 9.17) is 4.74 Å². The first-order valence-corrected chi connectivity index (χ1v) is 9.20. The molecular formula is C21H27N3O2. The summed E-state index contributed by atoms with van der Waals surface area (Å²) in [5, 5.41) is 3.00. The van der Waals surface area contributed by atoms with E-state index in [2.05, 4.69) is 22.3 Å². The number of nitrogens with one attached hydrogen (secondary N) is 1. The van der Waals surface area contributed by atoms with Crippen LogP contribution in [0, 0.1) is 0 Å². The number of hydrogen-bond acceptors (Lipinski definition) is 3. The summed E-state index contributed by atoms with van der Waals surface area (Å²) in [5.74, 6) is 0.891. The highest BCUT2D eigenvalue weighted by Gasteiger charge is 2.21. The topological polar surface area (TPSA) is 44.8 Å². The van der Waals surface area contributed by atoms with Crippen LogP contribution in [-0.2, 0) is 6.54 Å². The standard InChI is InChI=1S/C21H27N3O2/c1-17(2)26-20-10-8-19(9-11-20)23-12-14-24(15-13-23)21(25)22-16-18-6-4-3-5-7-18/h3-11,17H,12-16H2,1-2H3,(H,22,25). The third-order valence-electron chi connectivity index (χ3n) is 4.43. The normalized spacial score (nSPS) is 14.4. The zero-order chi connectivity index (χ0) is 18.4. The molecule has 1 N–H and O–H groups in total. The van der Waals surface area contributed by atoms with Crippen LogP contribution >= 0.6 is 0 Å². The molecule has 3 rings (SSSR count). The maximum atomic E-state index is 12.3. The Kier molecular flexibility index (Phi) is 6.00. The molecule has 2 amide bonds. The van der Waals surface area contributed by atoms with Gasteiger partial charge in [0.1, 0.15) is 5.75 Å². The van der Waals surface area contributed by atoms with Gasteiger partial charge in [0, 0.05) is 38.4 Å². The molecule has 0 saturated carbocycles. The Morgan fingerprint density at radius 3 is 2.27 bits per heavy atom. The number of rotatable bonds is 5. The van der Waals surface area contributed by atoms with Gasteiger partial charge >= 0.3 is 6.03 Å². The lowest BCUT2D eigenvalue weighted by Crippen LogP contribution is -2.51. The third kappa shape index (κ3) is 4.91. The fourth-order valence-corrected chi connectivity index (χ4v) is 3.06. The van der Waals surface area contributed by atoms with Gasteiger partial charge in [0.05, 0.1) is 6.10 Å². The van der Waals surface area contributed by atoms with E-state index in [0.717, 1.165) is 37.5 Å². The number of carbonyl (C=O) groups is 1. The van der Waals surface area contributed by atoms with E-state index >= 15 is 0 Å². The average molecular weight is 353 g/mol. The molecule has 0 unspecified atom stereocenters. The molecule has 2 aromatic rings. The smallest absolute Gasteiger partial charge is 0.317 e. The number of piperazine rings is 1. The quantitative estimate of drug-likeness (QED) is 0.895. The second-order valence-electron chi connectivity index (χ2n) is 6.78. The first-order valence-electron chi connectivity index (χ1n) is 9.20. The molecule has 5 heteroatoms. The minimum atomic E-state index is 0.00850. The van der Waals surface area contributed by atoms with Gasteiger partial charge in [-0.2, -0.15) is 0 Å². The molecule has 0 aliphatic carbocycles. The van der Waals surface area contributed by atoms with Crippen LogP contribution in [0.2, 0.25) is 0 Å². The molecule has 0 atom stereocenters. The van der Waals surface area contributed by atoms with Gasteiger partial charge in [-0.05, 0) is 43.7 Å². The van der Waals surface area contributed by atoms with Crippen molar-refractivity contribution < 1.29 is 9.53 Å². The largest absolute Gasteiger partial charge is 0.491 e. The van der Waals surface area contributed by atoms with Gasteiger partial charge in [-0.25, -0.2) is 4.79 Å². The molecule has 5 nitrogen and oxygen atoms in total. The van der Waals surface area contributed by atoms with Crippen molar-refractivity contribution in [1.82, 2.24) is 10.2 Å². The molecule has 138 valence electrons. The monoisotopic (exact) mass is 353 g/mol. The molecule has 1 aliphatic heterocycles. The Labute approximate surface area is 155 Å². The van der Waals surface area contributed by atoms with E-state index in [9.17, 15) is 4.79 Å². The highest BCUT2D eigenvalue weighted by Crippen LogP contribution is 2.21. The number of anilines is 1. The van der Waals surface area contributed by atoms with Gasteiger partial charge in [0.15, 0.2) is 0 Å². The van der Waals surface area contributed by atoms with Crippen molar-refractivity contribution in [2.45, 2.75) is 26.5 Å². The summed E-state index contributed by atoms with van der Waals surface area (Å²) in [6.45, 7) is 7.74. The molecule has 0 spiro atoms. The molecule has 1 aliphatic rings. The average Bonchev–Trinajstić information content (AvgIpc) is 2.67. The van der Waals surface area contributed by atoms with Crippen LogP contribution in [-0.4, -0.2) is 43.2 Å². The number of ether oxygens (including phenoxy) is 1. The van der Waals surface area contributed by atoms with Crippen molar-refractivity contribution in [2.24, 2.45) is 0 Å². The maximum Gasteiger partial charge on any atom is 0.317 e. The zero-order valence-electron chi connectivity index (χ0n) is 15.5. The number of benzene rings is 2. The van der Waals surface area contributed by atoms with Gasteiger partial charge in [0.2, 0.25) is 0 Å². The van der Waals surface area contributed by atoms with Crippen molar-refractivity contribution in [2.75, 3.05) is 31.1 Å². The van der Waals surface area contributed by atoms with Crippen LogP contribution in [0.1, 0.15) is 19.4 Å². The number of hydrogen-bond donors (Lipinski definition) is 1. The van der Waals surface area contributed by atoms with Crippen molar-refractivity contribution in [3.8, 4) is 5.75 Å². The van der Waals surface area contributed by atoms with Crippen LogP contribution < -0.4 is 15.0 Å². The Morgan fingerprint density at radius 2 is 1.65 bits per heavy atom. The van der Waals surface area contributed by atoms with Crippen molar-refractivity contribution in [1.29, 1.82) is 0 Å². The lowest BCUT2D eigenvalue weighted by molar-refractivity contribution is 0.194. The second kappa shape index (κ2) is 8.61. The SMILES string of the molecule is CC(C)Oc1ccc(N2CCN(C(=O)NCc3ccccc3)CC2)cc1. The summed E-state index contributed by atoms with van der Waals surface area (Å²) >= 11 is 0. The van der Waals surface area contributed by atoms with E-state index in [1.165, 1.54) is 5.69 Å². The van der Waals surface area contributed by atoms with E-state index in [0.29, 0.717) is 6.54 Å². The fourth-order valence-electron chi connectivity index (χ4n) is 3.06. The highest BCUT2D eigenvalue weighted by atomic mass is 16.5. The lowest BCUT2D eigenvalue weighted by atomic mass is 10.2. The van der Waals surface area contributed by atoms with Crippen molar-refractivity contribution in [3.05, 3.63) is 60.2 Å². The highest BCUT2D eigenvalue weighted by molar-refractivity contribution is 5.74. The van der Waals surface area contributed by atoms with E-state index in [-0.39, 0.29) is 12.1 Å². The van der Waals surface area contributed by atoms with Crippen LogP contribution in [0.15, 0.2) is 54.6 Å². The Bertz CT molecular complexity index is 693. The van der Waals surface area contributed by atoms with Crippen molar-refractivity contribution >= 4 is 11.7 Å². The molecular weight excluding hydrogens is 326 g/mol. The molecule has 2 aromatic carbocycles. The van der Waals surface area contributed by atoms with Crippen LogP contribution in [0.5, 0.6) is 5.75 Å². The molecule has 0 radical (unpaired) electrons. The Hall–Kier alpha value is -2.69. The van der Waals surface area contributed by atoms with Crippen LogP contribution in [0.4, 0.5) is 10.5 Å². The molecule has 1 heterocycles. The fraction of sp³-hybridized carbons (Fsp3) is 0.381. The molecule has 1 fully saturated rings. The minimum Gasteiger partial charge on any atom is -0.491 e. The lowest BCUT2D eigenvalue weighted by Gasteiger charge is -2.36. The summed E-state index contributed by atoms with van der Waals surface area (Å²) in [6.07, 6.45) is 0.179. The zero-order valence-corrected chi connectivity index (χ0v) is 15.5. The summed E-state index contributed by atoms with van der Waals surface area (Å²) in [7, 11) is 0. The number of amides is 2. The van der Waals surface area contributed by atoms with Gasteiger partial charge in [-0.1, -0.05) is 30.3 Å².